The minimum Gasteiger partial charge on any atom is -0.352 e. The molecule has 1 amide bonds. The molecule has 29 heavy (non-hydrogen) atoms. The van der Waals surface area contributed by atoms with Gasteiger partial charge in [0.25, 0.3) is 5.91 Å². The van der Waals surface area contributed by atoms with E-state index in [0.717, 1.165) is 55.9 Å². The highest BCUT2D eigenvalue weighted by molar-refractivity contribution is 5.94. The quantitative estimate of drug-likeness (QED) is 0.584. The van der Waals surface area contributed by atoms with Crippen LogP contribution in [-0.4, -0.2) is 59.6 Å². The van der Waals surface area contributed by atoms with Gasteiger partial charge >= 0.3 is 0 Å². The standard InChI is InChI=1S/C21H25N5O.2ClH/c27-21(23-10-3-13-25-14-11-22-12-15-25)17-6-8-18(9-7-17)26-16-24-19-4-1-2-5-20(19)26;;/h1-2,4-9,16,22H,3,10-15H2,(H,23,27);2*1H. The van der Waals surface area contributed by atoms with E-state index in [0.29, 0.717) is 12.1 Å². The van der Waals surface area contributed by atoms with Crippen LogP contribution < -0.4 is 10.6 Å². The van der Waals surface area contributed by atoms with Gasteiger partial charge in [0, 0.05) is 44.0 Å². The van der Waals surface area contributed by atoms with Gasteiger partial charge in [-0.05, 0) is 49.4 Å². The van der Waals surface area contributed by atoms with E-state index in [4.69, 9.17) is 0 Å². The molecule has 6 nitrogen and oxygen atoms in total. The smallest absolute Gasteiger partial charge is 0.251 e. The van der Waals surface area contributed by atoms with Crippen molar-refractivity contribution in [2.24, 2.45) is 0 Å². The summed E-state index contributed by atoms with van der Waals surface area (Å²) in [5.41, 5.74) is 3.70. The van der Waals surface area contributed by atoms with Gasteiger partial charge in [0.15, 0.2) is 0 Å². The number of rotatable bonds is 6. The molecule has 0 spiro atoms. The summed E-state index contributed by atoms with van der Waals surface area (Å²) in [7, 11) is 0. The van der Waals surface area contributed by atoms with E-state index in [1.807, 2.05) is 59.4 Å². The molecule has 4 rings (SSSR count). The second kappa shape index (κ2) is 11.2. The van der Waals surface area contributed by atoms with Crippen molar-refractivity contribution in [2.75, 3.05) is 39.3 Å². The Balaban J connectivity index is 0.00000150. The number of piperazine rings is 1. The average molecular weight is 436 g/mol. The summed E-state index contributed by atoms with van der Waals surface area (Å²) in [6.45, 7) is 6.05. The first-order chi connectivity index (χ1) is 13.3. The monoisotopic (exact) mass is 435 g/mol. The zero-order valence-corrected chi connectivity index (χ0v) is 17.8. The van der Waals surface area contributed by atoms with Crippen LogP contribution in [0.4, 0.5) is 0 Å². The molecule has 0 saturated carbocycles. The third-order valence-corrected chi connectivity index (χ3v) is 5.01. The molecule has 0 aliphatic carbocycles. The van der Waals surface area contributed by atoms with Gasteiger partial charge in [-0.25, -0.2) is 4.98 Å². The van der Waals surface area contributed by atoms with Crippen LogP contribution in [0.3, 0.4) is 0 Å². The Morgan fingerprint density at radius 2 is 1.76 bits per heavy atom. The highest BCUT2D eigenvalue weighted by Crippen LogP contribution is 2.18. The number of aromatic nitrogens is 2. The summed E-state index contributed by atoms with van der Waals surface area (Å²) < 4.78 is 2.03. The number of halogens is 2. The number of benzene rings is 2. The summed E-state index contributed by atoms with van der Waals surface area (Å²) in [4.78, 5) is 19.2. The zero-order chi connectivity index (χ0) is 18.5. The highest BCUT2D eigenvalue weighted by atomic mass is 35.5. The molecule has 0 atom stereocenters. The molecule has 2 heterocycles. The lowest BCUT2D eigenvalue weighted by Crippen LogP contribution is -2.44. The Morgan fingerprint density at radius 1 is 1.03 bits per heavy atom. The molecule has 0 unspecified atom stereocenters. The molecule has 0 radical (unpaired) electrons. The molecular formula is C21H27Cl2N5O. The van der Waals surface area contributed by atoms with Crippen LogP contribution in [0, 0.1) is 0 Å². The third kappa shape index (κ3) is 5.70. The summed E-state index contributed by atoms with van der Waals surface area (Å²) in [5, 5.41) is 6.37. The molecular weight excluding hydrogens is 409 g/mol. The Kier molecular flexibility index (Phi) is 8.92. The van der Waals surface area contributed by atoms with Crippen LogP contribution in [0.25, 0.3) is 16.7 Å². The van der Waals surface area contributed by atoms with Crippen molar-refractivity contribution in [3.05, 3.63) is 60.4 Å². The van der Waals surface area contributed by atoms with Crippen LogP contribution in [0.5, 0.6) is 0 Å². The predicted molar refractivity (Wildman–Crippen MR) is 122 cm³/mol. The van der Waals surface area contributed by atoms with E-state index in [1.54, 1.807) is 0 Å². The van der Waals surface area contributed by atoms with Crippen molar-refractivity contribution in [2.45, 2.75) is 6.42 Å². The molecule has 1 saturated heterocycles. The van der Waals surface area contributed by atoms with E-state index in [-0.39, 0.29) is 30.7 Å². The van der Waals surface area contributed by atoms with E-state index in [2.05, 4.69) is 20.5 Å². The van der Waals surface area contributed by atoms with Crippen molar-refractivity contribution in [1.29, 1.82) is 0 Å². The zero-order valence-electron chi connectivity index (χ0n) is 16.2. The van der Waals surface area contributed by atoms with Crippen molar-refractivity contribution >= 4 is 41.8 Å². The van der Waals surface area contributed by atoms with Crippen LogP contribution in [-0.2, 0) is 0 Å². The number of imidazole rings is 1. The number of para-hydroxylation sites is 2. The minimum atomic E-state index is -0.0163. The first-order valence-electron chi connectivity index (χ1n) is 9.55. The van der Waals surface area contributed by atoms with Crippen LogP contribution in [0.1, 0.15) is 16.8 Å². The lowest BCUT2D eigenvalue weighted by atomic mass is 10.2. The molecule has 3 aromatic rings. The van der Waals surface area contributed by atoms with Gasteiger partial charge in [-0.2, -0.15) is 0 Å². The van der Waals surface area contributed by atoms with Crippen LogP contribution in [0.15, 0.2) is 54.9 Å². The molecule has 8 heteroatoms. The summed E-state index contributed by atoms with van der Waals surface area (Å²) >= 11 is 0. The molecule has 1 aromatic heterocycles. The molecule has 1 aliphatic heterocycles. The fraction of sp³-hybridized carbons (Fsp3) is 0.333. The van der Waals surface area contributed by atoms with Crippen molar-refractivity contribution in [3.8, 4) is 5.69 Å². The van der Waals surface area contributed by atoms with Gasteiger partial charge in [-0.3, -0.25) is 9.36 Å². The fourth-order valence-corrected chi connectivity index (χ4v) is 3.48. The maximum absolute atomic E-state index is 12.4. The number of nitrogens with zero attached hydrogens (tertiary/aromatic N) is 3. The lowest BCUT2D eigenvalue weighted by Gasteiger charge is -2.27. The summed E-state index contributed by atoms with van der Waals surface area (Å²) in [6.07, 6.45) is 2.79. The van der Waals surface area contributed by atoms with Gasteiger partial charge in [0.05, 0.1) is 11.0 Å². The van der Waals surface area contributed by atoms with Crippen LogP contribution >= 0.6 is 24.8 Å². The lowest BCUT2D eigenvalue weighted by molar-refractivity contribution is 0.0951. The minimum absolute atomic E-state index is 0. The van der Waals surface area contributed by atoms with Gasteiger partial charge in [-0.1, -0.05) is 12.1 Å². The maximum Gasteiger partial charge on any atom is 0.251 e. The summed E-state index contributed by atoms with van der Waals surface area (Å²) in [5.74, 6) is -0.0163. The Morgan fingerprint density at radius 3 is 2.52 bits per heavy atom. The predicted octanol–water partition coefficient (Wildman–Crippen LogP) is 2.89. The largest absolute Gasteiger partial charge is 0.352 e. The summed E-state index contributed by atoms with van der Waals surface area (Å²) in [6, 6.07) is 15.7. The number of amides is 1. The van der Waals surface area contributed by atoms with Gasteiger partial charge in [-0.15, -0.1) is 24.8 Å². The number of nitrogens with one attached hydrogen (secondary N) is 2. The van der Waals surface area contributed by atoms with E-state index >= 15 is 0 Å². The van der Waals surface area contributed by atoms with E-state index in [1.165, 1.54) is 0 Å². The highest BCUT2D eigenvalue weighted by Gasteiger charge is 2.10. The molecule has 1 fully saturated rings. The molecule has 0 bridgehead atoms. The molecule has 156 valence electrons. The molecule has 2 N–H and O–H groups in total. The topological polar surface area (TPSA) is 62.2 Å². The first kappa shape index (κ1) is 23.2. The Labute approximate surface area is 183 Å². The Bertz CT molecular complexity index is 907. The van der Waals surface area contributed by atoms with Gasteiger partial charge < -0.3 is 15.5 Å². The average Bonchev–Trinajstić information content (AvgIpc) is 3.16. The third-order valence-electron chi connectivity index (χ3n) is 5.01. The number of fused-ring (bicyclic) bond motifs is 1. The van der Waals surface area contributed by atoms with Crippen molar-refractivity contribution < 1.29 is 4.79 Å². The Hall–Kier alpha value is -2.12. The van der Waals surface area contributed by atoms with Crippen molar-refractivity contribution in [1.82, 2.24) is 25.1 Å². The SMILES string of the molecule is Cl.Cl.O=C(NCCCN1CCNCC1)c1ccc(-n2cnc3ccccc32)cc1. The second-order valence-electron chi connectivity index (χ2n) is 6.85. The number of carbonyl (C=O) groups is 1. The normalized spacial score (nSPS) is 14.1. The number of hydrogen-bond donors (Lipinski definition) is 2. The second-order valence-corrected chi connectivity index (χ2v) is 6.85. The van der Waals surface area contributed by atoms with Gasteiger partial charge in [0.1, 0.15) is 6.33 Å². The van der Waals surface area contributed by atoms with Crippen molar-refractivity contribution in [3.63, 3.8) is 0 Å². The maximum atomic E-state index is 12.4. The first-order valence-corrected chi connectivity index (χ1v) is 9.55. The number of hydrogen-bond acceptors (Lipinski definition) is 4. The van der Waals surface area contributed by atoms with E-state index in [9.17, 15) is 4.79 Å². The van der Waals surface area contributed by atoms with Crippen LogP contribution in [0.2, 0.25) is 0 Å². The fourth-order valence-electron chi connectivity index (χ4n) is 3.48. The van der Waals surface area contributed by atoms with Gasteiger partial charge in [0.2, 0.25) is 0 Å². The van der Waals surface area contributed by atoms with E-state index < -0.39 is 0 Å². The number of carbonyl (C=O) groups excluding carboxylic acids is 1. The molecule has 2 aromatic carbocycles. The molecule has 1 aliphatic rings.